The van der Waals surface area contributed by atoms with Crippen LogP contribution in [-0.4, -0.2) is 44.3 Å². The van der Waals surface area contributed by atoms with E-state index in [-0.39, 0.29) is 23.3 Å². The predicted octanol–water partition coefficient (Wildman–Crippen LogP) is 4.94. The van der Waals surface area contributed by atoms with Crippen LogP contribution >= 0.6 is 0 Å². The fourth-order valence-electron chi connectivity index (χ4n) is 4.15. The Morgan fingerprint density at radius 3 is 2.08 bits per heavy atom. The molecule has 0 radical (unpaired) electrons. The highest BCUT2D eigenvalue weighted by Gasteiger charge is 2.32. The highest BCUT2D eigenvalue weighted by molar-refractivity contribution is 7.92. The zero-order valence-electron chi connectivity index (χ0n) is 23.4. The predicted molar refractivity (Wildman–Crippen MR) is 156 cm³/mol. The van der Waals surface area contributed by atoms with E-state index in [1.54, 1.807) is 37.3 Å². The lowest BCUT2D eigenvalue weighted by Crippen LogP contribution is -2.51. The van der Waals surface area contributed by atoms with Gasteiger partial charge in [-0.3, -0.25) is 13.9 Å². The molecule has 0 aliphatic heterocycles. The SMILES string of the molecule is CCc1ccc(N(CC(=O)N(Cc2ccccc2C)[C@H](C)C(=O)NCC(C)C)S(=O)(=O)c2ccccc2)cc1. The van der Waals surface area contributed by atoms with Crippen molar-refractivity contribution >= 4 is 27.5 Å². The first-order valence-corrected chi connectivity index (χ1v) is 14.8. The molecule has 8 heteroatoms. The van der Waals surface area contributed by atoms with Crippen molar-refractivity contribution in [2.75, 3.05) is 17.4 Å². The Balaban J connectivity index is 2.01. The number of hydrogen-bond acceptors (Lipinski definition) is 4. The maximum absolute atomic E-state index is 14.0. The van der Waals surface area contributed by atoms with Gasteiger partial charge in [0.05, 0.1) is 10.6 Å². The van der Waals surface area contributed by atoms with Crippen molar-refractivity contribution in [2.45, 2.75) is 58.5 Å². The largest absolute Gasteiger partial charge is 0.354 e. The second-order valence-corrected chi connectivity index (χ2v) is 12.0. The van der Waals surface area contributed by atoms with Gasteiger partial charge in [-0.05, 0) is 67.1 Å². The van der Waals surface area contributed by atoms with Crippen LogP contribution in [0.3, 0.4) is 0 Å². The fourth-order valence-corrected chi connectivity index (χ4v) is 5.59. The zero-order valence-corrected chi connectivity index (χ0v) is 24.2. The van der Waals surface area contributed by atoms with Crippen molar-refractivity contribution in [3.63, 3.8) is 0 Å². The highest BCUT2D eigenvalue weighted by atomic mass is 32.2. The summed E-state index contributed by atoms with van der Waals surface area (Å²) in [6.45, 7) is 9.85. The van der Waals surface area contributed by atoms with E-state index in [9.17, 15) is 18.0 Å². The Hall–Kier alpha value is -3.65. The molecule has 0 unspecified atom stereocenters. The summed E-state index contributed by atoms with van der Waals surface area (Å²) in [6.07, 6.45) is 0.803. The average molecular weight is 550 g/mol. The standard InChI is InChI=1S/C31H39N3O4S/c1-6-26-16-18-28(19-17-26)34(39(37,38)29-14-8-7-9-15-29)22-30(35)33(21-27-13-11-10-12-24(27)4)25(5)31(36)32-20-23(2)3/h7-19,23,25H,6,20-22H2,1-5H3,(H,32,36)/t25-/m1/s1. The quantitative estimate of drug-likeness (QED) is 0.347. The summed E-state index contributed by atoms with van der Waals surface area (Å²) in [4.78, 5) is 28.6. The number of aryl methyl sites for hydroxylation is 2. The molecule has 0 bridgehead atoms. The lowest BCUT2D eigenvalue weighted by Gasteiger charge is -2.32. The molecule has 0 aliphatic carbocycles. The van der Waals surface area contributed by atoms with Crippen molar-refractivity contribution < 1.29 is 18.0 Å². The van der Waals surface area contributed by atoms with Gasteiger partial charge in [0.25, 0.3) is 10.0 Å². The molecule has 3 rings (SSSR count). The van der Waals surface area contributed by atoms with Gasteiger partial charge in [0.2, 0.25) is 11.8 Å². The molecule has 39 heavy (non-hydrogen) atoms. The Morgan fingerprint density at radius 2 is 1.49 bits per heavy atom. The minimum Gasteiger partial charge on any atom is -0.354 e. The second kappa shape index (κ2) is 13.4. The summed E-state index contributed by atoms with van der Waals surface area (Å²) in [5.41, 5.74) is 3.31. The van der Waals surface area contributed by atoms with Gasteiger partial charge in [-0.2, -0.15) is 0 Å². The first-order chi connectivity index (χ1) is 18.5. The normalized spacial score (nSPS) is 12.2. The number of anilines is 1. The highest BCUT2D eigenvalue weighted by Crippen LogP contribution is 2.25. The minimum absolute atomic E-state index is 0.0885. The van der Waals surface area contributed by atoms with Crippen LogP contribution in [0.1, 0.15) is 44.4 Å². The van der Waals surface area contributed by atoms with Crippen LogP contribution in [0.5, 0.6) is 0 Å². The van der Waals surface area contributed by atoms with E-state index in [4.69, 9.17) is 0 Å². The maximum Gasteiger partial charge on any atom is 0.264 e. The zero-order chi connectivity index (χ0) is 28.6. The molecule has 0 aliphatic rings. The smallest absolute Gasteiger partial charge is 0.264 e. The monoisotopic (exact) mass is 549 g/mol. The van der Waals surface area contributed by atoms with Gasteiger partial charge in [0.15, 0.2) is 0 Å². The molecule has 1 N–H and O–H groups in total. The van der Waals surface area contributed by atoms with Crippen molar-refractivity contribution in [1.82, 2.24) is 10.2 Å². The maximum atomic E-state index is 14.0. The van der Waals surface area contributed by atoms with Crippen LogP contribution < -0.4 is 9.62 Å². The van der Waals surface area contributed by atoms with Crippen molar-refractivity contribution in [2.24, 2.45) is 5.92 Å². The average Bonchev–Trinajstić information content (AvgIpc) is 2.94. The van der Waals surface area contributed by atoms with E-state index in [0.29, 0.717) is 12.2 Å². The van der Waals surface area contributed by atoms with Crippen LogP contribution in [0.2, 0.25) is 0 Å². The van der Waals surface area contributed by atoms with E-state index < -0.39 is 28.5 Å². The van der Waals surface area contributed by atoms with E-state index in [1.807, 2.05) is 64.1 Å². The van der Waals surface area contributed by atoms with Crippen LogP contribution in [0.4, 0.5) is 5.69 Å². The number of nitrogens with zero attached hydrogens (tertiary/aromatic N) is 2. The van der Waals surface area contributed by atoms with Gasteiger partial charge in [0, 0.05) is 13.1 Å². The molecule has 0 fully saturated rings. The summed E-state index contributed by atoms with van der Waals surface area (Å²) in [5, 5.41) is 2.91. The Bertz CT molecular complexity index is 1360. The number of sulfonamides is 1. The van der Waals surface area contributed by atoms with E-state index in [2.05, 4.69) is 5.32 Å². The molecule has 0 saturated heterocycles. The number of amides is 2. The summed E-state index contributed by atoms with van der Waals surface area (Å²) in [7, 11) is -4.07. The lowest BCUT2D eigenvalue weighted by atomic mass is 10.1. The third-order valence-corrected chi connectivity index (χ3v) is 8.48. The summed E-state index contributed by atoms with van der Waals surface area (Å²) in [6, 6.07) is 22.1. The molecule has 0 heterocycles. The number of rotatable bonds is 12. The Kier molecular flexibility index (Phi) is 10.3. The Morgan fingerprint density at radius 1 is 0.872 bits per heavy atom. The van der Waals surface area contributed by atoms with Crippen LogP contribution in [-0.2, 0) is 32.6 Å². The van der Waals surface area contributed by atoms with Crippen molar-refractivity contribution in [3.05, 3.63) is 95.6 Å². The number of carbonyl (C=O) groups excluding carboxylic acids is 2. The van der Waals surface area contributed by atoms with Gasteiger partial charge >= 0.3 is 0 Å². The number of nitrogens with one attached hydrogen (secondary N) is 1. The molecular formula is C31H39N3O4S. The molecule has 3 aromatic carbocycles. The summed E-state index contributed by atoms with van der Waals surface area (Å²) in [5.74, 6) is -0.501. The third kappa shape index (κ3) is 7.69. The van der Waals surface area contributed by atoms with E-state index in [1.165, 1.54) is 17.0 Å². The Labute approximate surface area is 232 Å². The topological polar surface area (TPSA) is 86.8 Å². The van der Waals surface area contributed by atoms with Crippen LogP contribution in [0.25, 0.3) is 0 Å². The third-order valence-electron chi connectivity index (χ3n) is 6.70. The minimum atomic E-state index is -4.07. The molecule has 208 valence electrons. The van der Waals surface area contributed by atoms with Gasteiger partial charge in [-0.1, -0.05) is 75.4 Å². The molecule has 2 amide bonds. The van der Waals surface area contributed by atoms with E-state index in [0.717, 1.165) is 27.4 Å². The molecular weight excluding hydrogens is 510 g/mol. The van der Waals surface area contributed by atoms with E-state index >= 15 is 0 Å². The first kappa shape index (κ1) is 29.9. The van der Waals surface area contributed by atoms with Gasteiger partial charge in [-0.25, -0.2) is 8.42 Å². The second-order valence-electron chi connectivity index (χ2n) is 10.1. The number of benzene rings is 3. The molecule has 7 nitrogen and oxygen atoms in total. The summed E-state index contributed by atoms with van der Waals surface area (Å²) >= 11 is 0. The molecule has 3 aromatic rings. The van der Waals surface area contributed by atoms with Gasteiger partial charge < -0.3 is 10.2 Å². The van der Waals surface area contributed by atoms with Gasteiger partial charge in [-0.15, -0.1) is 0 Å². The molecule has 0 spiro atoms. The number of hydrogen-bond donors (Lipinski definition) is 1. The van der Waals surface area contributed by atoms with Crippen LogP contribution in [0, 0.1) is 12.8 Å². The van der Waals surface area contributed by atoms with Crippen LogP contribution in [0.15, 0.2) is 83.8 Å². The molecule has 0 saturated carbocycles. The molecule has 0 aromatic heterocycles. The van der Waals surface area contributed by atoms with Crippen molar-refractivity contribution in [1.29, 1.82) is 0 Å². The number of carbonyl (C=O) groups is 2. The van der Waals surface area contributed by atoms with Crippen molar-refractivity contribution in [3.8, 4) is 0 Å². The van der Waals surface area contributed by atoms with Gasteiger partial charge in [0.1, 0.15) is 12.6 Å². The first-order valence-electron chi connectivity index (χ1n) is 13.3. The lowest BCUT2D eigenvalue weighted by molar-refractivity contribution is -0.139. The summed E-state index contributed by atoms with van der Waals surface area (Å²) < 4.78 is 28.8. The molecule has 1 atom stereocenters. The fraction of sp³-hybridized carbons (Fsp3) is 0.355.